The fourth-order valence-corrected chi connectivity index (χ4v) is 2.85. The SMILES string of the molecule is CCNCc1csc(N(C)C(C)c2ccccc2F)n1. The van der Waals surface area contributed by atoms with Crippen LogP contribution in [0.25, 0.3) is 0 Å². The maximum Gasteiger partial charge on any atom is 0.185 e. The molecule has 0 aliphatic carbocycles. The number of rotatable bonds is 6. The van der Waals surface area contributed by atoms with Gasteiger partial charge in [-0.2, -0.15) is 0 Å². The van der Waals surface area contributed by atoms with E-state index in [1.54, 1.807) is 17.4 Å². The monoisotopic (exact) mass is 293 g/mol. The summed E-state index contributed by atoms with van der Waals surface area (Å²) in [6, 6.07) is 6.85. The fraction of sp³-hybridized carbons (Fsp3) is 0.400. The Morgan fingerprint density at radius 2 is 2.15 bits per heavy atom. The van der Waals surface area contributed by atoms with Gasteiger partial charge < -0.3 is 10.2 Å². The molecule has 1 heterocycles. The van der Waals surface area contributed by atoms with Gasteiger partial charge in [-0.3, -0.25) is 0 Å². The number of nitrogens with one attached hydrogen (secondary N) is 1. The van der Waals surface area contributed by atoms with Crippen LogP contribution in [0.5, 0.6) is 0 Å². The van der Waals surface area contributed by atoms with E-state index in [0.717, 1.165) is 23.9 Å². The lowest BCUT2D eigenvalue weighted by Gasteiger charge is -2.25. The largest absolute Gasteiger partial charge is 0.344 e. The van der Waals surface area contributed by atoms with Crippen LogP contribution in [0.3, 0.4) is 0 Å². The molecule has 1 aromatic carbocycles. The smallest absolute Gasteiger partial charge is 0.185 e. The summed E-state index contributed by atoms with van der Waals surface area (Å²) >= 11 is 1.59. The van der Waals surface area contributed by atoms with Crippen LogP contribution in [-0.4, -0.2) is 18.6 Å². The van der Waals surface area contributed by atoms with Gasteiger partial charge in [-0.25, -0.2) is 9.37 Å². The summed E-state index contributed by atoms with van der Waals surface area (Å²) in [4.78, 5) is 6.60. The minimum absolute atomic E-state index is 0.0469. The summed E-state index contributed by atoms with van der Waals surface area (Å²) < 4.78 is 13.8. The average molecular weight is 293 g/mol. The summed E-state index contributed by atoms with van der Waals surface area (Å²) in [5, 5.41) is 6.21. The van der Waals surface area contributed by atoms with Crippen LogP contribution < -0.4 is 10.2 Å². The molecule has 3 nitrogen and oxygen atoms in total. The molecule has 0 bridgehead atoms. The number of halogens is 1. The van der Waals surface area contributed by atoms with Gasteiger partial charge in [0, 0.05) is 24.5 Å². The molecular weight excluding hydrogens is 273 g/mol. The second-order valence-electron chi connectivity index (χ2n) is 4.71. The van der Waals surface area contributed by atoms with Crippen molar-refractivity contribution in [2.75, 3.05) is 18.5 Å². The van der Waals surface area contributed by atoms with E-state index in [1.807, 2.05) is 36.4 Å². The van der Waals surface area contributed by atoms with Crippen molar-refractivity contribution in [3.05, 3.63) is 46.7 Å². The molecule has 0 radical (unpaired) electrons. The summed E-state index contributed by atoms with van der Waals surface area (Å²) in [5.74, 6) is -0.170. The predicted molar refractivity (Wildman–Crippen MR) is 82.7 cm³/mol. The number of aromatic nitrogens is 1. The minimum atomic E-state index is -0.170. The van der Waals surface area contributed by atoms with Crippen molar-refractivity contribution < 1.29 is 4.39 Å². The molecule has 108 valence electrons. The van der Waals surface area contributed by atoms with Gasteiger partial charge in [0.05, 0.1) is 11.7 Å². The van der Waals surface area contributed by atoms with E-state index in [4.69, 9.17) is 0 Å². The lowest BCUT2D eigenvalue weighted by Crippen LogP contribution is -2.22. The van der Waals surface area contributed by atoms with Gasteiger partial charge >= 0.3 is 0 Å². The molecule has 1 aromatic heterocycles. The zero-order valence-electron chi connectivity index (χ0n) is 12.1. The van der Waals surface area contributed by atoms with Gasteiger partial charge in [0.1, 0.15) is 5.82 Å². The van der Waals surface area contributed by atoms with Crippen LogP contribution in [0.1, 0.15) is 31.1 Å². The molecule has 0 amide bonds. The van der Waals surface area contributed by atoms with Crippen molar-refractivity contribution in [1.82, 2.24) is 10.3 Å². The van der Waals surface area contributed by atoms with E-state index in [2.05, 4.69) is 17.2 Å². The Morgan fingerprint density at radius 3 is 2.85 bits per heavy atom. The summed E-state index contributed by atoms with van der Waals surface area (Å²) in [6.07, 6.45) is 0. The maximum absolute atomic E-state index is 13.8. The van der Waals surface area contributed by atoms with E-state index < -0.39 is 0 Å². The van der Waals surface area contributed by atoms with Crippen LogP contribution >= 0.6 is 11.3 Å². The zero-order chi connectivity index (χ0) is 14.5. The predicted octanol–water partition coefficient (Wildman–Crippen LogP) is 3.59. The van der Waals surface area contributed by atoms with Crippen molar-refractivity contribution in [1.29, 1.82) is 0 Å². The molecule has 2 aromatic rings. The quantitative estimate of drug-likeness (QED) is 0.882. The third-order valence-electron chi connectivity index (χ3n) is 3.33. The zero-order valence-corrected chi connectivity index (χ0v) is 12.9. The molecule has 5 heteroatoms. The molecule has 1 N–H and O–H groups in total. The topological polar surface area (TPSA) is 28.2 Å². The maximum atomic E-state index is 13.8. The highest BCUT2D eigenvalue weighted by Crippen LogP contribution is 2.29. The molecular formula is C15H20FN3S. The molecule has 1 atom stereocenters. The summed E-state index contributed by atoms with van der Waals surface area (Å²) in [5.41, 5.74) is 1.72. The molecule has 2 rings (SSSR count). The van der Waals surface area contributed by atoms with Crippen molar-refractivity contribution in [2.24, 2.45) is 0 Å². The van der Waals surface area contributed by atoms with E-state index >= 15 is 0 Å². The van der Waals surface area contributed by atoms with Crippen LogP contribution in [-0.2, 0) is 6.54 Å². The van der Waals surface area contributed by atoms with Crippen LogP contribution in [0.15, 0.2) is 29.6 Å². The first kappa shape index (κ1) is 14.9. The van der Waals surface area contributed by atoms with Crippen molar-refractivity contribution in [2.45, 2.75) is 26.4 Å². The second-order valence-corrected chi connectivity index (χ2v) is 5.55. The highest BCUT2D eigenvalue weighted by molar-refractivity contribution is 7.13. The molecule has 1 unspecified atom stereocenters. The van der Waals surface area contributed by atoms with E-state index in [9.17, 15) is 4.39 Å². The molecule has 0 fully saturated rings. The molecule has 0 spiro atoms. The van der Waals surface area contributed by atoms with Gasteiger partial charge in [0.2, 0.25) is 0 Å². The van der Waals surface area contributed by atoms with Crippen LogP contribution in [0.4, 0.5) is 9.52 Å². The number of benzene rings is 1. The number of thiazole rings is 1. The molecule has 20 heavy (non-hydrogen) atoms. The number of anilines is 1. The van der Waals surface area contributed by atoms with Crippen molar-refractivity contribution in [3.8, 4) is 0 Å². The molecule has 0 aliphatic rings. The van der Waals surface area contributed by atoms with E-state index in [0.29, 0.717) is 5.56 Å². The van der Waals surface area contributed by atoms with Gasteiger partial charge in [0.25, 0.3) is 0 Å². The third-order valence-corrected chi connectivity index (χ3v) is 4.31. The number of nitrogens with zero attached hydrogens (tertiary/aromatic N) is 2. The Kier molecular flexibility index (Phi) is 5.09. The lowest BCUT2D eigenvalue weighted by molar-refractivity contribution is 0.585. The highest BCUT2D eigenvalue weighted by Gasteiger charge is 2.18. The van der Waals surface area contributed by atoms with Gasteiger partial charge in [-0.05, 0) is 19.5 Å². The Labute approximate surface area is 123 Å². The molecule has 0 saturated heterocycles. The minimum Gasteiger partial charge on any atom is -0.344 e. The Morgan fingerprint density at radius 1 is 1.40 bits per heavy atom. The first-order valence-corrected chi connectivity index (χ1v) is 7.63. The van der Waals surface area contributed by atoms with Crippen molar-refractivity contribution >= 4 is 16.5 Å². The van der Waals surface area contributed by atoms with Crippen LogP contribution in [0, 0.1) is 5.82 Å². The van der Waals surface area contributed by atoms with Crippen LogP contribution in [0.2, 0.25) is 0 Å². The lowest BCUT2D eigenvalue weighted by atomic mass is 10.1. The highest BCUT2D eigenvalue weighted by atomic mass is 32.1. The van der Waals surface area contributed by atoms with Gasteiger partial charge in [-0.1, -0.05) is 25.1 Å². The summed E-state index contributed by atoms with van der Waals surface area (Å²) in [6.45, 7) is 5.76. The second kappa shape index (κ2) is 6.81. The Hall–Kier alpha value is -1.46. The summed E-state index contributed by atoms with van der Waals surface area (Å²) in [7, 11) is 1.95. The van der Waals surface area contributed by atoms with Crippen molar-refractivity contribution in [3.63, 3.8) is 0 Å². The third kappa shape index (κ3) is 3.35. The average Bonchev–Trinajstić information content (AvgIpc) is 2.93. The normalized spacial score (nSPS) is 12.4. The van der Waals surface area contributed by atoms with Gasteiger partial charge in [0.15, 0.2) is 5.13 Å². The Bertz CT molecular complexity index is 556. The fourth-order valence-electron chi connectivity index (χ4n) is 1.98. The van der Waals surface area contributed by atoms with E-state index in [-0.39, 0.29) is 11.9 Å². The standard InChI is InChI=1S/C15H20FN3S/c1-4-17-9-12-10-20-15(18-12)19(3)11(2)13-7-5-6-8-14(13)16/h5-8,10-11,17H,4,9H2,1-3H3. The first-order chi connectivity index (χ1) is 9.63. The first-order valence-electron chi connectivity index (χ1n) is 6.75. The number of hydrogen-bond donors (Lipinski definition) is 1. The molecule has 0 saturated carbocycles. The van der Waals surface area contributed by atoms with E-state index in [1.165, 1.54) is 6.07 Å². The Balaban J connectivity index is 2.12. The molecule has 0 aliphatic heterocycles. The van der Waals surface area contributed by atoms with Gasteiger partial charge in [-0.15, -0.1) is 11.3 Å². The number of hydrogen-bond acceptors (Lipinski definition) is 4.